The van der Waals surface area contributed by atoms with E-state index in [9.17, 15) is 0 Å². The van der Waals surface area contributed by atoms with Gasteiger partial charge in [0.05, 0.1) is 0 Å². The standard InChI is InChI=1S/C13H21N3S/c1-17-13(11-14)4-8-16(9-5-13)10-12-2-6-15-7-3-12/h2-3,6-7H,4-5,8-11,14H2,1H3. The van der Waals surface area contributed by atoms with Crippen LogP contribution in [0.15, 0.2) is 24.5 Å². The number of piperidine rings is 1. The molecule has 1 aliphatic heterocycles. The predicted molar refractivity (Wildman–Crippen MR) is 74.0 cm³/mol. The van der Waals surface area contributed by atoms with Gasteiger partial charge in [0.1, 0.15) is 0 Å². The van der Waals surface area contributed by atoms with Crippen LogP contribution in [0.3, 0.4) is 0 Å². The fourth-order valence-electron chi connectivity index (χ4n) is 2.36. The first kappa shape index (κ1) is 12.9. The highest BCUT2D eigenvalue weighted by Gasteiger charge is 2.32. The third-order valence-electron chi connectivity index (χ3n) is 3.73. The molecule has 1 saturated heterocycles. The lowest BCUT2D eigenvalue weighted by atomic mass is 9.95. The highest BCUT2D eigenvalue weighted by Crippen LogP contribution is 2.33. The molecule has 94 valence electrons. The number of nitrogens with two attached hydrogens (primary N) is 1. The van der Waals surface area contributed by atoms with Crippen molar-refractivity contribution in [2.24, 2.45) is 5.73 Å². The molecule has 4 heteroatoms. The average molecular weight is 251 g/mol. The molecule has 3 nitrogen and oxygen atoms in total. The van der Waals surface area contributed by atoms with E-state index in [1.165, 1.54) is 18.4 Å². The summed E-state index contributed by atoms with van der Waals surface area (Å²) in [6, 6.07) is 4.19. The van der Waals surface area contributed by atoms with E-state index < -0.39 is 0 Å². The molecule has 0 saturated carbocycles. The van der Waals surface area contributed by atoms with E-state index in [0.717, 1.165) is 26.2 Å². The van der Waals surface area contributed by atoms with Crippen LogP contribution in [0, 0.1) is 0 Å². The zero-order valence-electron chi connectivity index (χ0n) is 10.4. The van der Waals surface area contributed by atoms with Crippen molar-refractivity contribution in [2.45, 2.75) is 24.1 Å². The number of hydrogen-bond donors (Lipinski definition) is 1. The summed E-state index contributed by atoms with van der Waals surface area (Å²) in [6.45, 7) is 4.15. The minimum atomic E-state index is 0.328. The van der Waals surface area contributed by atoms with Crippen molar-refractivity contribution in [3.05, 3.63) is 30.1 Å². The summed E-state index contributed by atoms with van der Waals surface area (Å²) < 4.78 is 0.328. The van der Waals surface area contributed by atoms with E-state index in [1.54, 1.807) is 0 Å². The summed E-state index contributed by atoms with van der Waals surface area (Å²) in [5.41, 5.74) is 7.25. The number of pyridine rings is 1. The minimum absolute atomic E-state index is 0.328. The lowest BCUT2D eigenvalue weighted by Crippen LogP contribution is -2.46. The van der Waals surface area contributed by atoms with Gasteiger partial charge in [-0.1, -0.05) is 0 Å². The molecule has 2 heterocycles. The van der Waals surface area contributed by atoms with Crippen molar-refractivity contribution in [3.63, 3.8) is 0 Å². The fraction of sp³-hybridized carbons (Fsp3) is 0.615. The molecule has 0 aliphatic carbocycles. The lowest BCUT2D eigenvalue weighted by Gasteiger charge is -2.40. The van der Waals surface area contributed by atoms with Gasteiger partial charge >= 0.3 is 0 Å². The molecule has 0 atom stereocenters. The van der Waals surface area contributed by atoms with Gasteiger partial charge in [-0.2, -0.15) is 11.8 Å². The van der Waals surface area contributed by atoms with Crippen molar-refractivity contribution in [1.82, 2.24) is 9.88 Å². The summed E-state index contributed by atoms with van der Waals surface area (Å²) in [5, 5.41) is 0. The van der Waals surface area contributed by atoms with E-state index in [1.807, 2.05) is 24.2 Å². The highest BCUT2D eigenvalue weighted by molar-refractivity contribution is 8.00. The molecule has 2 rings (SSSR count). The van der Waals surface area contributed by atoms with Gasteiger partial charge in [0.25, 0.3) is 0 Å². The molecule has 1 aliphatic rings. The summed E-state index contributed by atoms with van der Waals surface area (Å²) in [5.74, 6) is 0. The van der Waals surface area contributed by atoms with Gasteiger partial charge in [0, 0.05) is 30.2 Å². The SMILES string of the molecule is CSC1(CN)CCN(Cc2ccncc2)CC1. The first-order chi connectivity index (χ1) is 8.28. The molecular weight excluding hydrogens is 230 g/mol. The summed E-state index contributed by atoms with van der Waals surface area (Å²) in [4.78, 5) is 6.56. The second kappa shape index (κ2) is 5.85. The summed E-state index contributed by atoms with van der Waals surface area (Å²) in [7, 11) is 0. The Morgan fingerprint density at radius 3 is 2.53 bits per heavy atom. The molecule has 2 N–H and O–H groups in total. The Labute approximate surface area is 108 Å². The Morgan fingerprint density at radius 1 is 1.35 bits per heavy atom. The van der Waals surface area contributed by atoms with Crippen LogP contribution >= 0.6 is 11.8 Å². The molecule has 0 aromatic carbocycles. The zero-order chi connectivity index (χ0) is 12.1. The quantitative estimate of drug-likeness (QED) is 0.885. The number of rotatable bonds is 4. The maximum atomic E-state index is 5.90. The lowest BCUT2D eigenvalue weighted by molar-refractivity contribution is 0.195. The monoisotopic (exact) mass is 251 g/mol. The van der Waals surface area contributed by atoms with Crippen LogP contribution in [0.1, 0.15) is 18.4 Å². The van der Waals surface area contributed by atoms with E-state index in [-0.39, 0.29) is 0 Å². The fourth-order valence-corrected chi connectivity index (χ4v) is 3.11. The molecule has 17 heavy (non-hydrogen) atoms. The highest BCUT2D eigenvalue weighted by atomic mass is 32.2. The van der Waals surface area contributed by atoms with E-state index in [4.69, 9.17) is 5.73 Å². The van der Waals surface area contributed by atoms with Gasteiger partial charge in [-0.3, -0.25) is 9.88 Å². The molecule has 0 unspecified atom stereocenters. The number of hydrogen-bond acceptors (Lipinski definition) is 4. The van der Waals surface area contributed by atoms with Crippen molar-refractivity contribution in [3.8, 4) is 0 Å². The van der Waals surface area contributed by atoms with Crippen molar-refractivity contribution >= 4 is 11.8 Å². The third-order valence-corrected chi connectivity index (χ3v) is 5.17. The van der Waals surface area contributed by atoms with E-state index >= 15 is 0 Å². The first-order valence-electron chi connectivity index (χ1n) is 6.14. The maximum Gasteiger partial charge on any atom is 0.0303 e. The zero-order valence-corrected chi connectivity index (χ0v) is 11.2. The number of nitrogens with zero attached hydrogens (tertiary/aromatic N) is 2. The Morgan fingerprint density at radius 2 is 2.00 bits per heavy atom. The number of thioether (sulfide) groups is 1. The van der Waals surface area contributed by atoms with Gasteiger partial charge < -0.3 is 5.73 Å². The van der Waals surface area contributed by atoms with E-state index in [2.05, 4.69) is 28.3 Å². The Bertz CT molecular complexity index is 328. The second-order valence-electron chi connectivity index (χ2n) is 4.72. The van der Waals surface area contributed by atoms with Crippen LogP contribution in [-0.2, 0) is 6.54 Å². The van der Waals surface area contributed by atoms with Gasteiger partial charge in [0.2, 0.25) is 0 Å². The van der Waals surface area contributed by atoms with Crippen molar-refractivity contribution < 1.29 is 0 Å². The smallest absolute Gasteiger partial charge is 0.0303 e. The Hall–Kier alpha value is -0.580. The number of aromatic nitrogens is 1. The van der Waals surface area contributed by atoms with Gasteiger partial charge in [-0.15, -0.1) is 0 Å². The van der Waals surface area contributed by atoms with Crippen LogP contribution in [0.2, 0.25) is 0 Å². The van der Waals surface area contributed by atoms with Crippen molar-refractivity contribution in [1.29, 1.82) is 0 Å². The molecule has 0 bridgehead atoms. The number of likely N-dealkylation sites (tertiary alicyclic amines) is 1. The maximum absolute atomic E-state index is 5.90. The Balaban J connectivity index is 1.87. The average Bonchev–Trinajstić information content (AvgIpc) is 2.41. The van der Waals surface area contributed by atoms with Crippen LogP contribution in [0.25, 0.3) is 0 Å². The first-order valence-corrected chi connectivity index (χ1v) is 7.37. The molecule has 0 spiro atoms. The summed E-state index contributed by atoms with van der Waals surface area (Å²) >= 11 is 1.94. The molecule has 0 radical (unpaired) electrons. The van der Waals surface area contributed by atoms with Crippen LogP contribution in [-0.4, -0.2) is 40.5 Å². The minimum Gasteiger partial charge on any atom is -0.329 e. The van der Waals surface area contributed by atoms with Crippen LogP contribution in [0.4, 0.5) is 0 Å². The molecule has 1 aromatic heterocycles. The molecule has 0 amide bonds. The van der Waals surface area contributed by atoms with E-state index in [0.29, 0.717) is 4.75 Å². The van der Waals surface area contributed by atoms with Gasteiger partial charge in [-0.25, -0.2) is 0 Å². The molecular formula is C13H21N3S. The molecule has 1 aromatic rings. The predicted octanol–water partition coefficient (Wildman–Crippen LogP) is 1.74. The second-order valence-corrected chi connectivity index (χ2v) is 6.00. The van der Waals surface area contributed by atoms with Crippen LogP contribution in [0.5, 0.6) is 0 Å². The van der Waals surface area contributed by atoms with Crippen molar-refractivity contribution in [2.75, 3.05) is 25.9 Å². The normalized spacial score (nSPS) is 20.4. The van der Waals surface area contributed by atoms with Gasteiger partial charge in [0.15, 0.2) is 0 Å². The Kier molecular flexibility index (Phi) is 4.42. The van der Waals surface area contributed by atoms with Crippen LogP contribution < -0.4 is 5.73 Å². The summed E-state index contributed by atoms with van der Waals surface area (Å²) in [6.07, 6.45) is 8.33. The third kappa shape index (κ3) is 3.21. The molecule has 1 fully saturated rings. The topological polar surface area (TPSA) is 42.1 Å². The largest absolute Gasteiger partial charge is 0.329 e. The van der Waals surface area contributed by atoms with Gasteiger partial charge in [-0.05, 0) is 49.9 Å².